The van der Waals surface area contributed by atoms with Crippen LogP contribution >= 0.6 is 0 Å². The number of nitrogens with zero attached hydrogens (tertiary/aromatic N) is 3. The molecule has 2 saturated heterocycles. The average Bonchev–Trinajstić information content (AvgIpc) is 2.95. The average molecular weight is 275 g/mol. The maximum absolute atomic E-state index is 12.3. The predicted octanol–water partition coefficient (Wildman–Crippen LogP) is -0.791. The molecule has 1 atom stereocenters. The second kappa shape index (κ2) is 4.26. The molecule has 4 amide bonds. The van der Waals surface area contributed by atoms with Crippen molar-refractivity contribution >= 4 is 17.8 Å². The number of rotatable bonds is 1. The van der Waals surface area contributed by atoms with E-state index in [-0.39, 0.29) is 24.1 Å². The van der Waals surface area contributed by atoms with Gasteiger partial charge in [-0.3, -0.25) is 19.9 Å². The lowest BCUT2D eigenvalue weighted by molar-refractivity contribution is -0.123. The summed E-state index contributed by atoms with van der Waals surface area (Å²) in [5.41, 5.74) is -0.0375. The highest BCUT2D eigenvalue weighted by Gasteiger charge is 2.51. The Kier molecular flexibility index (Phi) is 2.66. The van der Waals surface area contributed by atoms with Crippen molar-refractivity contribution in [1.82, 2.24) is 25.5 Å². The van der Waals surface area contributed by atoms with Gasteiger partial charge in [-0.05, 0) is 13.3 Å². The van der Waals surface area contributed by atoms with E-state index in [1.165, 1.54) is 17.3 Å². The molecule has 8 heteroatoms. The third-order valence-electron chi connectivity index (χ3n) is 3.57. The first kappa shape index (κ1) is 12.5. The quantitative estimate of drug-likeness (QED) is 0.653. The zero-order chi connectivity index (χ0) is 14.3. The summed E-state index contributed by atoms with van der Waals surface area (Å²) in [5, 5.41) is 4.80. The van der Waals surface area contributed by atoms with Crippen LogP contribution in [0.15, 0.2) is 12.4 Å². The second-order valence-electron chi connectivity index (χ2n) is 5.01. The molecular formula is C12H13N5O3. The first-order valence-electron chi connectivity index (χ1n) is 6.22. The number of urea groups is 1. The highest BCUT2D eigenvalue weighted by Crippen LogP contribution is 2.25. The van der Waals surface area contributed by atoms with Crippen LogP contribution < -0.4 is 10.6 Å². The summed E-state index contributed by atoms with van der Waals surface area (Å²) in [6.07, 6.45) is 3.33. The number of nitrogens with one attached hydrogen (secondary N) is 2. The largest absolute Gasteiger partial charge is 0.334 e. The van der Waals surface area contributed by atoms with E-state index in [1.54, 1.807) is 6.92 Å². The monoisotopic (exact) mass is 275 g/mol. The van der Waals surface area contributed by atoms with Crippen molar-refractivity contribution in [2.45, 2.75) is 18.9 Å². The van der Waals surface area contributed by atoms with Crippen molar-refractivity contribution in [3.8, 4) is 0 Å². The molecule has 20 heavy (non-hydrogen) atoms. The number of imide groups is 1. The van der Waals surface area contributed by atoms with Crippen molar-refractivity contribution < 1.29 is 14.4 Å². The van der Waals surface area contributed by atoms with Crippen LogP contribution in [-0.4, -0.2) is 51.3 Å². The second-order valence-corrected chi connectivity index (χ2v) is 5.01. The van der Waals surface area contributed by atoms with Crippen LogP contribution in [0.4, 0.5) is 4.79 Å². The smallest absolute Gasteiger partial charge is 0.322 e. The molecule has 1 unspecified atom stereocenters. The van der Waals surface area contributed by atoms with Gasteiger partial charge in [0.15, 0.2) is 0 Å². The molecule has 0 radical (unpaired) electrons. The minimum Gasteiger partial charge on any atom is -0.334 e. The number of aryl methyl sites for hydroxylation is 1. The van der Waals surface area contributed by atoms with Gasteiger partial charge in [0.05, 0.1) is 18.4 Å². The van der Waals surface area contributed by atoms with Gasteiger partial charge in [-0.1, -0.05) is 0 Å². The van der Waals surface area contributed by atoms with Crippen LogP contribution in [0.3, 0.4) is 0 Å². The summed E-state index contributed by atoms with van der Waals surface area (Å²) in [6.45, 7) is 2.32. The van der Waals surface area contributed by atoms with Gasteiger partial charge in [-0.2, -0.15) is 0 Å². The number of hydrogen-bond donors (Lipinski definition) is 2. The van der Waals surface area contributed by atoms with E-state index in [9.17, 15) is 14.4 Å². The molecule has 8 nitrogen and oxygen atoms in total. The summed E-state index contributed by atoms with van der Waals surface area (Å²) in [7, 11) is 0. The molecule has 1 aromatic rings. The summed E-state index contributed by atoms with van der Waals surface area (Å²) < 4.78 is 0. The zero-order valence-electron chi connectivity index (χ0n) is 10.8. The van der Waals surface area contributed by atoms with Crippen LogP contribution in [0.25, 0.3) is 0 Å². The Balaban J connectivity index is 1.77. The zero-order valence-corrected chi connectivity index (χ0v) is 10.8. The Morgan fingerprint density at radius 3 is 2.75 bits per heavy atom. The lowest BCUT2D eigenvalue weighted by Crippen LogP contribution is -2.49. The van der Waals surface area contributed by atoms with Gasteiger partial charge < -0.3 is 10.2 Å². The SMILES string of the molecule is Cc1cnc(C(=O)N2CCC3(C2)NC(=O)NC3=O)cn1. The van der Waals surface area contributed by atoms with E-state index >= 15 is 0 Å². The first-order valence-corrected chi connectivity index (χ1v) is 6.22. The first-order chi connectivity index (χ1) is 9.50. The fraction of sp³-hybridized carbons (Fsp3) is 0.417. The number of carbonyl (C=O) groups excluding carboxylic acids is 3. The third-order valence-corrected chi connectivity index (χ3v) is 3.57. The predicted molar refractivity (Wildman–Crippen MR) is 66.7 cm³/mol. The summed E-state index contributed by atoms with van der Waals surface area (Å²) in [5.74, 6) is -0.670. The van der Waals surface area contributed by atoms with E-state index in [2.05, 4.69) is 20.6 Å². The van der Waals surface area contributed by atoms with Gasteiger partial charge in [0, 0.05) is 12.7 Å². The van der Waals surface area contributed by atoms with E-state index in [4.69, 9.17) is 0 Å². The summed E-state index contributed by atoms with van der Waals surface area (Å²) >= 11 is 0. The molecule has 2 N–H and O–H groups in total. The lowest BCUT2D eigenvalue weighted by Gasteiger charge is -2.20. The number of aromatic nitrogens is 2. The van der Waals surface area contributed by atoms with Crippen molar-refractivity contribution in [2.75, 3.05) is 13.1 Å². The van der Waals surface area contributed by atoms with Gasteiger partial charge in [-0.15, -0.1) is 0 Å². The molecule has 0 bridgehead atoms. The Hall–Kier alpha value is -2.51. The van der Waals surface area contributed by atoms with E-state index in [0.29, 0.717) is 13.0 Å². The fourth-order valence-corrected chi connectivity index (χ4v) is 2.46. The van der Waals surface area contributed by atoms with Crippen molar-refractivity contribution in [3.63, 3.8) is 0 Å². The van der Waals surface area contributed by atoms with Crippen LogP contribution in [0.5, 0.6) is 0 Å². The molecular weight excluding hydrogens is 262 g/mol. The van der Waals surface area contributed by atoms with Crippen LogP contribution in [0, 0.1) is 6.92 Å². The highest BCUT2D eigenvalue weighted by molar-refractivity contribution is 6.08. The van der Waals surface area contributed by atoms with Gasteiger partial charge in [0.25, 0.3) is 11.8 Å². The number of amides is 4. The fourth-order valence-electron chi connectivity index (χ4n) is 2.46. The molecule has 0 aromatic carbocycles. The van der Waals surface area contributed by atoms with Crippen molar-refractivity contribution in [3.05, 3.63) is 23.8 Å². The van der Waals surface area contributed by atoms with Crippen LogP contribution in [0.2, 0.25) is 0 Å². The molecule has 104 valence electrons. The topological polar surface area (TPSA) is 104 Å². The molecule has 2 aliphatic heterocycles. The molecule has 1 aromatic heterocycles. The van der Waals surface area contributed by atoms with Gasteiger partial charge in [0.1, 0.15) is 11.2 Å². The molecule has 0 saturated carbocycles. The highest BCUT2D eigenvalue weighted by atomic mass is 16.2. The number of carbonyl (C=O) groups is 3. The number of hydrogen-bond acceptors (Lipinski definition) is 5. The van der Waals surface area contributed by atoms with Crippen LogP contribution in [-0.2, 0) is 4.79 Å². The minimum absolute atomic E-state index is 0.152. The van der Waals surface area contributed by atoms with E-state index < -0.39 is 11.6 Å². The summed E-state index contributed by atoms with van der Waals surface area (Å²) in [6, 6.07) is -0.514. The maximum atomic E-state index is 12.3. The molecule has 2 aliphatic rings. The standard InChI is InChI=1S/C12H13N5O3/c1-7-4-14-8(5-13-7)9(18)17-3-2-12(6-17)10(19)15-11(20)16-12/h4-5H,2-3,6H2,1H3,(H2,15,16,19,20). The molecule has 3 heterocycles. The number of likely N-dealkylation sites (tertiary alicyclic amines) is 1. The molecule has 2 fully saturated rings. The lowest BCUT2D eigenvalue weighted by atomic mass is 10.00. The Bertz CT molecular complexity index is 600. The van der Waals surface area contributed by atoms with Crippen molar-refractivity contribution in [1.29, 1.82) is 0 Å². The summed E-state index contributed by atoms with van der Waals surface area (Å²) in [4.78, 5) is 44.9. The van der Waals surface area contributed by atoms with Gasteiger partial charge in [0.2, 0.25) is 0 Å². The molecule has 1 spiro atoms. The van der Waals surface area contributed by atoms with Crippen LogP contribution in [0.1, 0.15) is 22.6 Å². The maximum Gasteiger partial charge on any atom is 0.322 e. The van der Waals surface area contributed by atoms with Crippen molar-refractivity contribution in [2.24, 2.45) is 0 Å². The normalized spacial score (nSPS) is 24.9. The van der Waals surface area contributed by atoms with E-state index in [1.807, 2.05) is 0 Å². The Morgan fingerprint density at radius 1 is 1.35 bits per heavy atom. The minimum atomic E-state index is -0.995. The molecule has 0 aliphatic carbocycles. The van der Waals surface area contributed by atoms with Gasteiger partial charge >= 0.3 is 6.03 Å². The Labute approximate surface area is 114 Å². The molecule has 3 rings (SSSR count). The van der Waals surface area contributed by atoms with Gasteiger partial charge in [-0.25, -0.2) is 9.78 Å². The Morgan fingerprint density at radius 2 is 2.15 bits per heavy atom. The third kappa shape index (κ3) is 1.89. The van der Waals surface area contributed by atoms with E-state index in [0.717, 1.165) is 5.69 Å².